The molecule has 0 bridgehead atoms. The molecule has 1 fully saturated rings. The molecule has 5 heteroatoms. The summed E-state index contributed by atoms with van der Waals surface area (Å²) in [5.41, 5.74) is 3.23. The standard InChI is InChI=1S/C19H21N3O2/c23-19(20-16-6-7-18-15(14-16)8-13-24-18)22-11-9-21(10-12-22)17-4-2-1-3-5-17/h1-7,14H,8-13H2,(H,20,23). The Morgan fingerprint density at radius 2 is 1.79 bits per heavy atom. The topological polar surface area (TPSA) is 44.8 Å². The van der Waals surface area contributed by atoms with Gasteiger partial charge in [0.25, 0.3) is 0 Å². The predicted octanol–water partition coefficient (Wildman–Crippen LogP) is 2.98. The van der Waals surface area contributed by atoms with E-state index in [1.807, 2.05) is 41.3 Å². The molecule has 2 aromatic rings. The van der Waals surface area contributed by atoms with Gasteiger partial charge in [0.15, 0.2) is 0 Å². The third-order valence-corrected chi connectivity index (χ3v) is 4.63. The van der Waals surface area contributed by atoms with Crippen molar-refractivity contribution in [3.05, 3.63) is 54.1 Å². The Kier molecular flexibility index (Phi) is 3.99. The maximum absolute atomic E-state index is 12.5. The van der Waals surface area contributed by atoms with Gasteiger partial charge in [0.2, 0.25) is 0 Å². The van der Waals surface area contributed by atoms with Crippen LogP contribution < -0.4 is 15.0 Å². The summed E-state index contributed by atoms with van der Waals surface area (Å²) in [6.07, 6.45) is 0.912. The summed E-state index contributed by atoms with van der Waals surface area (Å²) in [7, 11) is 0. The number of para-hydroxylation sites is 1. The van der Waals surface area contributed by atoms with Crippen molar-refractivity contribution in [2.24, 2.45) is 0 Å². The summed E-state index contributed by atoms with van der Waals surface area (Å²) < 4.78 is 5.50. The van der Waals surface area contributed by atoms with Gasteiger partial charge in [-0.2, -0.15) is 0 Å². The number of benzene rings is 2. The van der Waals surface area contributed by atoms with Crippen LogP contribution in [0.3, 0.4) is 0 Å². The number of hydrogen-bond acceptors (Lipinski definition) is 3. The summed E-state index contributed by atoms with van der Waals surface area (Å²) in [4.78, 5) is 16.7. The Balaban J connectivity index is 1.35. The number of nitrogens with one attached hydrogen (secondary N) is 1. The number of rotatable bonds is 2. The molecule has 124 valence electrons. The lowest BCUT2D eigenvalue weighted by Gasteiger charge is -2.36. The van der Waals surface area contributed by atoms with E-state index in [4.69, 9.17) is 4.74 Å². The highest BCUT2D eigenvalue weighted by Crippen LogP contribution is 2.28. The Morgan fingerprint density at radius 1 is 1.00 bits per heavy atom. The lowest BCUT2D eigenvalue weighted by Crippen LogP contribution is -2.50. The second kappa shape index (κ2) is 6.43. The average Bonchev–Trinajstić information content (AvgIpc) is 3.10. The van der Waals surface area contributed by atoms with Gasteiger partial charge in [-0.05, 0) is 35.9 Å². The first-order valence-corrected chi connectivity index (χ1v) is 8.41. The fourth-order valence-corrected chi connectivity index (χ4v) is 3.27. The first-order valence-electron chi connectivity index (χ1n) is 8.41. The van der Waals surface area contributed by atoms with E-state index < -0.39 is 0 Å². The molecule has 2 aliphatic rings. The Morgan fingerprint density at radius 3 is 2.58 bits per heavy atom. The average molecular weight is 323 g/mol. The molecule has 2 aliphatic heterocycles. The van der Waals surface area contributed by atoms with Crippen LogP contribution in [0.1, 0.15) is 5.56 Å². The molecule has 2 aromatic carbocycles. The molecule has 1 N–H and O–H groups in total. The molecular formula is C19H21N3O2. The number of urea groups is 1. The fraction of sp³-hybridized carbons (Fsp3) is 0.316. The first kappa shape index (κ1) is 14.9. The van der Waals surface area contributed by atoms with Crippen LogP contribution in [-0.2, 0) is 6.42 Å². The summed E-state index contributed by atoms with van der Waals surface area (Å²) in [6, 6.07) is 16.2. The number of anilines is 2. The van der Waals surface area contributed by atoms with E-state index in [2.05, 4.69) is 22.3 Å². The highest BCUT2D eigenvalue weighted by atomic mass is 16.5. The van der Waals surface area contributed by atoms with E-state index >= 15 is 0 Å². The van der Waals surface area contributed by atoms with Crippen molar-refractivity contribution in [2.75, 3.05) is 43.0 Å². The monoisotopic (exact) mass is 323 g/mol. The molecule has 2 amide bonds. The van der Waals surface area contributed by atoms with Gasteiger partial charge in [0.1, 0.15) is 5.75 Å². The smallest absolute Gasteiger partial charge is 0.321 e. The highest BCUT2D eigenvalue weighted by molar-refractivity contribution is 5.89. The fourth-order valence-electron chi connectivity index (χ4n) is 3.27. The van der Waals surface area contributed by atoms with Crippen LogP contribution in [0.2, 0.25) is 0 Å². The zero-order chi connectivity index (χ0) is 16.4. The van der Waals surface area contributed by atoms with Gasteiger partial charge in [-0.1, -0.05) is 18.2 Å². The summed E-state index contributed by atoms with van der Waals surface area (Å²) >= 11 is 0. The number of piperazine rings is 1. The van der Waals surface area contributed by atoms with E-state index in [-0.39, 0.29) is 6.03 Å². The molecule has 0 unspecified atom stereocenters. The molecule has 2 heterocycles. The molecule has 24 heavy (non-hydrogen) atoms. The Labute approximate surface area is 141 Å². The zero-order valence-electron chi connectivity index (χ0n) is 13.6. The van der Waals surface area contributed by atoms with Crippen LogP contribution in [0.25, 0.3) is 0 Å². The number of ether oxygens (including phenoxy) is 1. The molecule has 0 spiro atoms. The van der Waals surface area contributed by atoms with Gasteiger partial charge in [-0.3, -0.25) is 0 Å². The van der Waals surface area contributed by atoms with Crippen LogP contribution in [0, 0.1) is 0 Å². The molecule has 0 radical (unpaired) electrons. The molecular weight excluding hydrogens is 302 g/mol. The maximum Gasteiger partial charge on any atom is 0.321 e. The molecule has 5 nitrogen and oxygen atoms in total. The van der Waals surface area contributed by atoms with E-state index in [1.165, 1.54) is 11.3 Å². The largest absolute Gasteiger partial charge is 0.493 e. The van der Waals surface area contributed by atoms with Crippen molar-refractivity contribution in [2.45, 2.75) is 6.42 Å². The van der Waals surface area contributed by atoms with E-state index in [0.717, 1.165) is 50.6 Å². The molecule has 4 rings (SSSR count). The van der Waals surface area contributed by atoms with Crippen molar-refractivity contribution in [3.8, 4) is 5.75 Å². The maximum atomic E-state index is 12.5. The highest BCUT2D eigenvalue weighted by Gasteiger charge is 2.21. The van der Waals surface area contributed by atoms with Gasteiger partial charge in [0.05, 0.1) is 6.61 Å². The van der Waals surface area contributed by atoms with Gasteiger partial charge in [-0.15, -0.1) is 0 Å². The summed E-state index contributed by atoms with van der Waals surface area (Å²) in [5, 5.41) is 3.01. The second-order valence-corrected chi connectivity index (χ2v) is 6.16. The third kappa shape index (κ3) is 3.02. The SMILES string of the molecule is O=C(Nc1ccc2c(c1)CCO2)N1CCN(c2ccccc2)CC1. The summed E-state index contributed by atoms with van der Waals surface area (Å²) in [5.74, 6) is 0.935. The van der Waals surface area contributed by atoms with E-state index in [1.54, 1.807) is 0 Å². The van der Waals surface area contributed by atoms with E-state index in [9.17, 15) is 4.79 Å². The van der Waals surface area contributed by atoms with E-state index in [0.29, 0.717) is 0 Å². The zero-order valence-corrected chi connectivity index (χ0v) is 13.6. The normalized spacial score (nSPS) is 16.5. The second-order valence-electron chi connectivity index (χ2n) is 6.16. The predicted molar refractivity (Wildman–Crippen MR) is 94.9 cm³/mol. The molecule has 0 aliphatic carbocycles. The van der Waals surface area contributed by atoms with Gasteiger partial charge < -0.3 is 19.9 Å². The quantitative estimate of drug-likeness (QED) is 0.924. The van der Waals surface area contributed by atoms with Crippen molar-refractivity contribution in [3.63, 3.8) is 0 Å². The lowest BCUT2D eigenvalue weighted by atomic mass is 10.1. The van der Waals surface area contributed by atoms with Gasteiger partial charge >= 0.3 is 6.03 Å². The van der Waals surface area contributed by atoms with Crippen LogP contribution in [0.5, 0.6) is 5.75 Å². The lowest BCUT2D eigenvalue weighted by molar-refractivity contribution is 0.208. The van der Waals surface area contributed by atoms with Crippen LogP contribution >= 0.6 is 0 Å². The van der Waals surface area contributed by atoms with Crippen molar-refractivity contribution in [1.29, 1.82) is 0 Å². The number of carbonyl (C=O) groups excluding carboxylic acids is 1. The molecule has 0 aromatic heterocycles. The number of nitrogens with zero attached hydrogens (tertiary/aromatic N) is 2. The molecule has 0 atom stereocenters. The first-order chi connectivity index (χ1) is 11.8. The number of fused-ring (bicyclic) bond motifs is 1. The van der Waals surface area contributed by atoms with Crippen molar-refractivity contribution < 1.29 is 9.53 Å². The number of amides is 2. The van der Waals surface area contributed by atoms with Crippen molar-refractivity contribution >= 4 is 17.4 Å². The van der Waals surface area contributed by atoms with Crippen molar-refractivity contribution in [1.82, 2.24) is 4.90 Å². The van der Waals surface area contributed by atoms with Gasteiger partial charge in [-0.25, -0.2) is 4.79 Å². The summed E-state index contributed by atoms with van der Waals surface area (Å²) in [6.45, 7) is 3.91. The number of hydrogen-bond donors (Lipinski definition) is 1. The Hall–Kier alpha value is -2.69. The molecule has 1 saturated heterocycles. The van der Waals surface area contributed by atoms with Gasteiger partial charge in [0, 0.05) is 44.0 Å². The minimum atomic E-state index is -0.0263. The number of carbonyl (C=O) groups is 1. The molecule has 0 saturated carbocycles. The van der Waals surface area contributed by atoms with Crippen LogP contribution in [-0.4, -0.2) is 43.7 Å². The van der Waals surface area contributed by atoms with Crippen LogP contribution in [0.15, 0.2) is 48.5 Å². The van der Waals surface area contributed by atoms with Crippen LogP contribution in [0.4, 0.5) is 16.2 Å². The third-order valence-electron chi connectivity index (χ3n) is 4.63. The minimum absolute atomic E-state index is 0.0263. The Bertz CT molecular complexity index is 725. The minimum Gasteiger partial charge on any atom is -0.493 e.